The average Bonchev–Trinajstić information content (AvgIpc) is 3.27. The zero-order valence-corrected chi connectivity index (χ0v) is 19.0. The highest BCUT2D eigenvalue weighted by Crippen LogP contribution is 2.32. The SMILES string of the molecule is CC(C)N(CC(=O)N1CCn2cccc2C1c1ccccc1)C(=O)Nc1ccc(Cl)cc1. The Kier molecular flexibility index (Phi) is 6.51. The minimum Gasteiger partial charge on any atom is -0.348 e. The molecule has 0 spiro atoms. The predicted molar refractivity (Wildman–Crippen MR) is 127 cm³/mol. The van der Waals surface area contributed by atoms with Gasteiger partial charge in [-0.25, -0.2) is 4.79 Å². The van der Waals surface area contributed by atoms with Gasteiger partial charge in [-0.3, -0.25) is 4.79 Å². The van der Waals surface area contributed by atoms with E-state index in [0.29, 0.717) is 17.3 Å². The molecule has 1 N–H and O–H groups in total. The second-order valence-corrected chi connectivity index (χ2v) is 8.62. The van der Waals surface area contributed by atoms with Crippen LogP contribution in [0.4, 0.5) is 10.5 Å². The normalized spacial score (nSPS) is 15.4. The third kappa shape index (κ3) is 4.65. The molecule has 0 fully saturated rings. The lowest BCUT2D eigenvalue weighted by Crippen LogP contribution is -2.50. The lowest BCUT2D eigenvalue weighted by atomic mass is 10.00. The Morgan fingerprint density at radius 2 is 1.75 bits per heavy atom. The molecule has 4 rings (SSSR count). The van der Waals surface area contributed by atoms with Gasteiger partial charge in [0.15, 0.2) is 0 Å². The fraction of sp³-hybridized carbons (Fsp3) is 0.280. The molecule has 2 aromatic carbocycles. The van der Waals surface area contributed by atoms with Crippen molar-refractivity contribution >= 4 is 29.2 Å². The van der Waals surface area contributed by atoms with Crippen LogP contribution in [0.25, 0.3) is 0 Å². The molecule has 1 aromatic heterocycles. The van der Waals surface area contributed by atoms with E-state index >= 15 is 0 Å². The van der Waals surface area contributed by atoms with E-state index in [1.165, 1.54) is 0 Å². The highest BCUT2D eigenvalue weighted by molar-refractivity contribution is 6.30. The number of hydrogen-bond acceptors (Lipinski definition) is 2. The van der Waals surface area contributed by atoms with E-state index in [-0.39, 0.29) is 30.6 Å². The zero-order valence-electron chi connectivity index (χ0n) is 18.2. The van der Waals surface area contributed by atoms with Gasteiger partial charge in [0.05, 0.1) is 6.04 Å². The molecule has 1 atom stereocenters. The molecule has 6 nitrogen and oxygen atoms in total. The van der Waals surface area contributed by atoms with Crippen LogP contribution in [0.5, 0.6) is 0 Å². The van der Waals surface area contributed by atoms with Gasteiger partial charge in [0, 0.05) is 41.7 Å². The molecule has 7 heteroatoms. The van der Waals surface area contributed by atoms with Gasteiger partial charge in [-0.15, -0.1) is 0 Å². The molecular formula is C25H27ClN4O2. The standard InChI is InChI=1S/C25H27ClN4O2/c1-18(2)30(25(32)27-21-12-10-20(26)11-13-21)17-23(31)29-16-15-28-14-6-9-22(28)24(29)19-7-4-3-5-8-19/h3-14,18,24H,15-17H2,1-2H3,(H,27,32). The number of anilines is 1. The van der Waals surface area contributed by atoms with E-state index in [2.05, 4.69) is 16.0 Å². The monoisotopic (exact) mass is 450 g/mol. The van der Waals surface area contributed by atoms with Crippen LogP contribution in [0.2, 0.25) is 5.02 Å². The molecule has 1 aliphatic rings. The molecule has 32 heavy (non-hydrogen) atoms. The third-order valence-corrected chi connectivity index (χ3v) is 6.01. The average molecular weight is 451 g/mol. The maximum Gasteiger partial charge on any atom is 0.322 e. The van der Waals surface area contributed by atoms with Crippen LogP contribution < -0.4 is 5.32 Å². The number of amides is 3. The summed E-state index contributed by atoms with van der Waals surface area (Å²) in [6.07, 6.45) is 2.05. The number of carbonyl (C=O) groups excluding carboxylic acids is 2. The molecule has 0 bridgehead atoms. The molecule has 0 saturated heterocycles. The molecule has 0 saturated carbocycles. The largest absolute Gasteiger partial charge is 0.348 e. The van der Waals surface area contributed by atoms with Crippen LogP contribution in [0, 0.1) is 0 Å². The van der Waals surface area contributed by atoms with Crippen LogP contribution in [0.15, 0.2) is 72.9 Å². The summed E-state index contributed by atoms with van der Waals surface area (Å²) in [6, 6.07) is 20.4. The third-order valence-electron chi connectivity index (χ3n) is 5.76. The number of rotatable bonds is 5. The van der Waals surface area contributed by atoms with Crippen molar-refractivity contribution in [1.82, 2.24) is 14.4 Å². The van der Waals surface area contributed by atoms with E-state index in [4.69, 9.17) is 11.6 Å². The molecule has 0 radical (unpaired) electrons. The van der Waals surface area contributed by atoms with Gasteiger partial charge >= 0.3 is 6.03 Å². The number of nitrogens with one attached hydrogen (secondary N) is 1. The van der Waals surface area contributed by atoms with Crippen molar-refractivity contribution in [2.75, 3.05) is 18.4 Å². The van der Waals surface area contributed by atoms with Gasteiger partial charge in [-0.05, 0) is 55.8 Å². The Balaban J connectivity index is 1.54. The Labute approximate surface area is 193 Å². The molecule has 1 aliphatic heterocycles. The Morgan fingerprint density at radius 3 is 2.44 bits per heavy atom. The molecule has 3 aromatic rings. The lowest BCUT2D eigenvalue weighted by Gasteiger charge is -2.39. The highest BCUT2D eigenvalue weighted by atomic mass is 35.5. The van der Waals surface area contributed by atoms with E-state index in [9.17, 15) is 9.59 Å². The van der Waals surface area contributed by atoms with Crippen molar-refractivity contribution in [1.29, 1.82) is 0 Å². The summed E-state index contributed by atoms with van der Waals surface area (Å²) in [5, 5.41) is 3.46. The van der Waals surface area contributed by atoms with E-state index < -0.39 is 0 Å². The summed E-state index contributed by atoms with van der Waals surface area (Å²) in [7, 11) is 0. The number of urea groups is 1. The molecule has 1 unspecified atom stereocenters. The van der Waals surface area contributed by atoms with Gasteiger partial charge in [0.1, 0.15) is 6.54 Å². The topological polar surface area (TPSA) is 57.6 Å². The number of benzene rings is 2. The van der Waals surface area contributed by atoms with E-state index in [1.54, 1.807) is 29.2 Å². The first-order valence-electron chi connectivity index (χ1n) is 10.8. The highest BCUT2D eigenvalue weighted by Gasteiger charge is 2.33. The van der Waals surface area contributed by atoms with Crippen molar-refractivity contribution in [3.8, 4) is 0 Å². The number of aromatic nitrogens is 1. The van der Waals surface area contributed by atoms with Crippen LogP contribution in [0.1, 0.15) is 31.1 Å². The second-order valence-electron chi connectivity index (χ2n) is 8.19. The van der Waals surface area contributed by atoms with Crippen molar-refractivity contribution < 1.29 is 9.59 Å². The first-order chi connectivity index (χ1) is 15.4. The number of carbonyl (C=O) groups is 2. The number of nitrogens with zero attached hydrogens (tertiary/aromatic N) is 3. The minimum atomic E-state index is -0.313. The second kappa shape index (κ2) is 9.49. The number of hydrogen-bond donors (Lipinski definition) is 1. The first-order valence-corrected chi connectivity index (χ1v) is 11.1. The van der Waals surface area contributed by atoms with Gasteiger partial charge in [0.25, 0.3) is 0 Å². The fourth-order valence-electron chi connectivity index (χ4n) is 4.09. The van der Waals surface area contributed by atoms with Gasteiger partial charge in [-0.2, -0.15) is 0 Å². The van der Waals surface area contributed by atoms with E-state index in [1.807, 2.05) is 61.3 Å². The van der Waals surface area contributed by atoms with Crippen molar-refractivity contribution in [3.05, 3.63) is 89.2 Å². The molecular weight excluding hydrogens is 424 g/mol. The molecule has 3 amide bonds. The van der Waals surface area contributed by atoms with Crippen LogP contribution >= 0.6 is 11.6 Å². The van der Waals surface area contributed by atoms with Crippen molar-refractivity contribution in [3.63, 3.8) is 0 Å². The quantitative estimate of drug-likeness (QED) is 0.593. The molecule has 166 valence electrons. The van der Waals surface area contributed by atoms with Gasteiger partial charge in [-0.1, -0.05) is 41.9 Å². The van der Waals surface area contributed by atoms with Crippen molar-refractivity contribution in [2.45, 2.75) is 32.5 Å². The van der Waals surface area contributed by atoms with E-state index in [0.717, 1.165) is 17.8 Å². The summed E-state index contributed by atoms with van der Waals surface area (Å²) in [5.41, 5.74) is 2.77. The number of halogens is 1. The smallest absolute Gasteiger partial charge is 0.322 e. The summed E-state index contributed by atoms with van der Waals surface area (Å²) in [4.78, 5) is 29.9. The number of fused-ring (bicyclic) bond motifs is 1. The Bertz CT molecular complexity index is 1080. The van der Waals surface area contributed by atoms with Crippen LogP contribution in [-0.4, -0.2) is 45.4 Å². The van der Waals surface area contributed by atoms with Gasteiger partial charge < -0.3 is 19.7 Å². The van der Waals surface area contributed by atoms with Crippen molar-refractivity contribution in [2.24, 2.45) is 0 Å². The first kappa shape index (κ1) is 22.0. The zero-order chi connectivity index (χ0) is 22.7. The Hall–Kier alpha value is -3.25. The van der Waals surface area contributed by atoms with Gasteiger partial charge in [0.2, 0.25) is 5.91 Å². The summed E-state index contributed by atoms with van der Waals surface area (Å²) in [5.74, 6) is -0.0775. The summed E-state index contributed by atoms with van der Waals surface area (Å²) >= 11 is 5.93. The fourth-order valence-corrected chi connectivity index (χ4v) is 4.22. The maximum absolute atomic E-state index is 13.5. The maximum atomic E-state index is 13.5. The van der Waals surface area contributed by atoms with Crippen LogP contribution in [-0.2, 0) is 11.3 Å². The summed E-state index contributed by atoms with van der Waals surface area (Å²) in [6.45, 7) is 5.14. The Morgan fingerprint density at radius 1 is 1.03 bits per heavy atom. The predicted octanol–water partition coefficient (Wildman–Crippen LogP) is 5.02. The lowest BCUT2D eigenvalue weighted by molar-refractivity contribution is -0.134. The summed E-state index contributed by atoms with van der Waals surface area (Å²) < 4.78 is 2.19. The van der Waals surface area contributed by atoms with Crippen LogP contribution in [0.3, 0.4) is 0 Å². The molecule has 2 heterocycles. The minimum absolute atomic E-state index is 0.00112. The molecule has 0 aliphatic carbocycles.